The van der Waals surface area contributed by atoms with Crippen LogP contribution in [0.3, 0.4) is 0 Å². The number of rotatable bonds is 5. The largest absolute Gasteiger partial charge is 0.467 e. The third-order valence-electron chi connectivity index (χ3n) is 4.22. The van der Waals surface area contributed by atoms with Crippen molar-refractivity contribution in [1.82, 2.24) is 0 Å². The summed E-state index contributed by atoms with van der Waals surface area (Å²) in [6.07, 6.45) is 0. The second-order valence-electron chi connectivity index (χ2n) is 6.16. The maximum absolute atomic E-state index is 14.4. The molecule has 1 unspecified atom stereocenters. The van der Waals surface area contributed by atoms with Crippen molar-refractivity contribution in [2.75, 3.05) is 0 Å². The average Bonchev–Trinajstić information content (AvgIpc) is 2.88. The second kappa shape index (κ2) is 7.14. The molecule has 0 aliphatic carbocycles. The Kier molecular flexibility index (Phi) is 5.25. The number of ether oxygens (including phenoxy) is 1. The van der Waals surface area contributed by atoms with Gasteiger partial charge in [0.25, 0.3) is 0 Å². The molecule has 2 aromatic carbocycles. The Labute approximate surface area is 175 Å². The molecule has 12 heteroatoms. The lowest BCUT2D eigenvalue weighted by molar-refractivity contribution is -0.126. The van der Waals surface area contributed by atoms with Gasteiger partial charge in [0.05, 0.1) is 25.3 Å². The van der Waals surface area contributed by atoms with E-state index in [-0.39, 0.29) is 10.6 Å². The first-order valence-corrected chi connectivity index (χ1v) is 9.74. The van der Waals surface area contributed by atoms with Crippen molar-refractivity contribution < 1.29 is 26.5 Å². The highest BCUT2D eigenvalue weighted by Gasteiger charge is 2.51. The van der Waals surface area contributed by atoms with E-state index in [0.29, 0.717) is 0 Å². The van der Waals surface area contributed by atoms with E-state index in [1.807, 2.05) is 0 Å². The van der Waals surface area contributed by atoms with Crippen LogP contribution in [0.5, 0.6) is 0 Å². The molecule has 0 amide bonds. The first-order chi connectivity index (χ1) is 13.4. The maximum atomic E-state index is 14.4. The molecule has 1 aliphatic heterocycles. The summed E-state index contributed by atoms with van der Waals surface area (Å²) < 4.78 is 47.0. The highest BCUT2D eigenvalue weighted by atomic mass is 35.5. The Balaban J connectivity index is 1.97. The molecule has 1 heterocycles. The first kappa shape index (κ1) is 21.3. The van der Waals surface area contributed by atoms with Crippen LogP contribution in [0, 0.1) is 5.82 Å². The number of Topliss-reactive ketones (excluding diaryl/α,β-unsaturated/α-hetero) is 1. The van der Waals surface area contributed by atoms with Crippen LogP contribution in [-0.2, 0) is 33.9 Å². The Morgan fingerprint density at radius 2 is 1.76 bits per heavy atom. The van der Waals surface area contributed by atoms with Crippen LogP contribution < -0.4 is 5.73 Å². The monoisotopic (exact) mass is 427 g/mol. The Bertz CT molecular complexity index is 1130. The van der Waals surface area contributed by atoms with Crippen LogP contribution in [-0.4, -0.2) is 37.7 Å². The maximum Gasteiger partial charge on any atom is 0.302 e. The summed E-state index contributed by atoms with van der Waals surface area (Å²) in [6, 6.07) is 11.0. The number of ketones is 1. The van der Waals surface area contributed by atoms with Crippen molar-refractivity contribution in [2.45, 2.75) is 10.0 Å². The number of hydrogen-bond donors (Lipinski definition) is 1. The van der Waals surface area contributed by atoms with Gasteiger partial charge in [0, 0.05) is 5.56 Å². The molecule has 3 rings (SSSR count). The SMILES string of the molecule is [B]C1(c2cccc(Cl)c2F)OC(N)=C(OS(=O)(=O)C([B])([B])c2ccccc2)C1=O. The number of hydrogen-bond acceptors (Lipinski definition) is 6. The molecule has 6 radical (unpaired) electrons. The van der Waals surface area contributed by atoms with Crippen molar-refractivity contribution in [3.63, 3.8) is 0 Å². The Morgan fingerprint density at radius 1 is 1.14 bits per heavy atom. The lowest BCUT2D eigenvalue weighted by atomic mass is 9.65. The third-order valence-corrected chi connectivity index (χ3v) is 5.96. The molecule has 2 aromatic rings. The molecule has 0 aromatic heterocycles. The number of benzene rings is 2. The minimum absolute atomic E-state index is 0.0227. The van der Waals surface area contributed by atoms with Gasteiger partial charge in [-0.15, -0.1) is 0 Å². The summed E-state index contributed by atoms with van der Waals surface area (Å²) in [4.78, 5) is 12.8. The van der Waals surface area contributed by atoms with Gasteiger partial charge >= 0.3 is 10.1 Å². The van der Waals surface area contributed by atoms with Crippen molar-refractivity contribution in [3.8, 4) is 0 Å². The topological polar surface area (TPSA) is 95.7 Å². The van der Waals surface area contributed by atoms with E-state index in [4.69, 9.17) is 49.8 Å². The molecule has 29 heavy (non-hydrogen) atoms. The van der Waals surface area contributed by atoms with Crippen molar-refractivity contribution in [3.05, 3.63) is 82.1 Å². The molecule has 0 saturated carbocycles. The number of nitrogens with two attached hydrogens (primary N) is 1. The molecule has 1 aliphatic rings. The smallest absolute Gasteiger partial charge is 0.302 e. The minimum atomic E-state index is -4.87. The predicted octanol–water partition coefficient (Wildman–Crippen LogP) is 1.02. The van der Waals surface area contributed by atoms with E-state index in [0.717, 1.165) is 6.07 Å². The Hall–Kier alpha value is -2.39. The summed E-state index contributed by atoms with van der Waals surface area (Å²) >= 11 is 5.71. The van der Waals surface area contributed by atoms with Crippen LogP contribution in [0.2, 0.25) is 5.02 Å². The fourth-order valence-corrected chi connectivity index (χ4v) is 3.73. The fourth-order valence-electron chi connectivity index (χ4n) is 2.62. The van der Waals surface area contributed by atoms with Crippen molar-refractivity contribution >= 4 is 51.0 Å². The molecule has 2 N–H and O–H groups in total. The van der Waals surface area contributed by atoms with Gasteiger partial charge in [-0.3, -0.25) is 4.79 Å². The van der Waals surface area contributed by atoms with Gasteiger partial charge in [0.15, 0.2) is 13.3 Å². The molecule has 142 valence electrons. The zero-order valence-corrected chi connectivity index (χ0v) is 16.2. The normalized spacial score (nSPS) is 19.9. The van der Waals surface area contributed by atoms with Gasteiger partial charge in [0.1, 0.15) is 5.82 Å². The molecule has 0 spiro atoms. The Morgan fingerprint density at radius 3 is 2.38 bits per heavy atom. The molecule has 6 nitrogen and oxygen atoms in total. The van der Waals surface area contributed by atoms with Crippen molar-refractivity contribution in [1.29, 1.82) is 0 Å². The van der Waals surface area contributed by atoms with Crippen LogP contribution in [0.15, 0.2) is 60.2 Å². The van der Waals surface area contributed by atoms with E-state index in [9.17, 15) is 17.6 Å². The standard InChI is InChI=1S/C17H10B3ClFNO5S/c18-16(10-7-4-8-11(21)12(10)22)14(24)13(15(23)27-16)28-29(25,26)17(19,20)9-5-2-1-3-6-9/h1-8H,23H2. The summed E-state index contributed by atoms with van der Waals surface area (Å²) in [5.41, 5.74) is 2.60. The van der Waals surface area contributed by atoms with Crippen LogP contribution in [0.4, 0.5) is 4.39 Å². The van der Waals surface area contributed by atoms with Gasteiger partial charge in [-0.05, 0) is 11.6 Å². The molecule has 0 saturated heterocycles. The fraction of sp³-hybridized carbons (Fsp3) is 0.118. The summed E-state index contributed by atoms with van der Waals surface area (Å²) in [5, 5.41) is -0.337. The van der Waals surface area contributed by atoms with E-state index in [1.54, 1.807) is 6.07 Å². The zero-order valence-electron chi connectivity index (χ0n) is 14.6. The van der Waals surface area contributed by atoms with E-state index in [2.05, 4.69) is 0 Å². The number of carbonyl (C=O) groups is 1. The highest BCUT2D eigenvalue weighted by Crippen LogP contribution is 2.39. The summed E-state index contributed by atoms with van der Waals surface area (Å²) in [6.45, 7) is 0. The zero-order chi connectivity index (χ0) is 21.6. The number of carbonyl (C=O) groups excluding carboxylic acids is 1. The lowest BCUT2D eigenvalue weighted by Crippen LogP contribution is -2.40. The molecule has 0 fully saturated rings. The summed E-state index contributed by atoms with van der Waals surface area (Å²) in [5.74, 6) is -4.07. The molecular weight excluding hydrogens is 417 g/mol. The second-order valence-corrected chi connectivity index (χ2v) is 8.32. The third kappa shape index (κ3) is 3.42. The van der Waals surface area contributed by atoms with E-state index < -0.39 is 49.0 Å². The average molecular weight is 427 g/mol. The van der Waals surface area contributed by atoms with Gasteiger partial charge < -0.3 is 14.7 Å². The van der Waals surface area contributed by atoms with Crippen LogP contribution >= 0.6 is 11.6 Å². The van der Waals surface area contributed by atoms with Gasteiger partial charge in [-0.25, -0.2) is 4.39 Å². The lowest BCUT2D eigenvalue weighted by Gasteiger charge is -2.26. The van der Waals surface area contributed by atoms with Gasteiger partial charge in [-0.1, -0.05) is 54.1 Å². The minimum Gasteiger partial charge on any atom is -0.467 e. The van der Waals surface area contributed by atoms with E-state index in [1.165, 1.54) is 36.4 Å². The quantitative estimate of drug-likeness (QED) is 0.566. The van der Waals surface area contributed by atoms with Crippen molar-refractivity contribution in [2.24, 2.45) is 5.73 Å². The van der Waals surface area contributed by atoms with Crippen LogP contribution in [0.1, 0.15) is 11.1 Å². The highest BCUT2D eigenvalue weighted by molar-refractivity contribution is 7.90. The molecule has 1 atom stereocenters. The van der Waals surface area contributed by atoms with Crippen LogP contribution in [0.25, 0.3) is 0 Å². The molecular formula is C17H10B3ClFNO5S. The van der Waals surface area contributed by atoms with E-state index >= 15 is 0 Å². The first-order valence-electron chi connectivity index (χ1n) is 7.96. The number of halogens is 2. The predicted molar refractivity (Wildman–Crippen MR) is 106 cm³/mol. The molecule has 0 bridgehead atoms. The summed E-state index contributed by atoms with van der Waals surface area (Å²) in [7, 11) is 12.5. The van der Waals surface area contributed by atoms with Gasteiger partial charge in [0.2, 0.25) is 17.4 Å². The van der Waals surface area contributed by atoms with Gasteiger partial charge in [-0.2, -0.15) is 8.42 Å².